The Bertz CT molecular complexity index is 797. The van der Waals surface area contributed by atoms with Gasteiger partial charge in [-0.05, 0) is 57.4 Å². The molecule has 1 aliphatic rings. The Morgan fingerprint density at radius 1 is 1.09 bits per heavy atom. The lowest BCUT2D eigenvalue weighted by Gasteiger charge is -2.36. The number of rotatable bonds is 8. The van der Waals surface area contributed by atoms with Gasteiger partial charge in [-0.3, -0.25) is 0 Å². The van der Waals surface area contributed by atoms with Crippen LogP contribution in [0.3, 0.4) is 0 Å². The number of nitrogens with zero attached hydrogens (tertiary/aromatic N) is 1. The van der Waals surface area contributed by atoms with E-state index in [4.69, 9.17) is 14.2 Å². The quantitative estimate of drug-likeness (QED) is 0.437. The Hall–Kier alpha value is -2.77. The van der Waals surface area contributed by atoms with E-state index in [9.17, 15) is 14.4 Å². The molecular formula is C26H40N2O6. The third-order valence-corrected chi connectivity index (χ3v) is 5.74. The van der Waals surface area contributed by atoms with Crippen molar-refractivity contribution >= 4 is 18.2 Å². The van der Waals surface area contributed by atoms with E-state index in [2.05, 4.69) is 5.32 Å². The van der Waals surface area contributed by atoms with Gasteiger partial charge in [0.1, 0.15) is 17.7 Å². The molecule has 34 heavy (non-hydrogen) atoms. The molecule has 1 aromatic carbocycles. The number of carbonyl (C=O) groups is 3. The zero-order valence-electron chi connectivity index (χ0n) is 21.3. The third kappa shape index (κ3) is 9.23. The van der Waals surface area contributed by atoms with Crippen LogP contribution in [0.15, 0.2) is 30.3 Å². The molecule has 1 aromatic rings. The maximum atomic E-state index is 12.8. The Morgan fingerprint density at radius 2 is 1.71 bits per heavy atom. The van der Waals surface area contributed by atoms with Crippen LogP contribution in [0, 0.1) is 11.8 Å². The van der Waals surface area contributed by atoms with Gasteiger partial charge in [0.25, 0.3) is 0 Å². The molecule has 1 N–H and O–H groups in total. The van der Waals surface area contributed by atoms with Crippen LogP contribution in [-0.4, -0.2) is 61.0 Å². The van der Waals surface area contributed by atoms with E-state index < -0.39 is 23.7 Å². The Kier molecular flexibility index (Phi) is 10.2. The summed E-state index contributed by atoms with van der Waals surface area (Å²) < 4.78 is 16.2. The van der Waals surface area contributed by atoms with Gasteiger partial charge in [0, 0.05) is 19.5 Å². The highest BCUT2D eigenvalue weighted by Crippen LogP contribution is 2.27. The van der Waals surface area contributed by atoms with Crippen LogP contribution < -0.4 is 5.32 Å². The lowest BCUT2D eigenvalue weighted by molar-refractivity contribution is -0.143. The highest BCUT2D eigenvalue weighted by Gasteiger charge is 2.33. The van der Waals surface area contributed by atoms with E-state index in [0.717, 1.165) is 5.56 Å². The summed E-state index contributed by atoms with van der Waals surface area (Å²) in [6.07, 6.45) is 1.05. The number of methoxy groups -OCH3 is 1. The molecule has 8 nitrogen and oxygen atoms in total. The Labute approximate surface area is 203 Å². The molecule has 2 atom stereocenters. The number of amides is 2. The standard InChI is InChI=1S/C26H40N2O6/c1-18(2)16-21(23(29)32-6)27-24(30)33-22(17-19-10-8-7-9-11-19)20-12-14-28(15-13-20)25(31)34-26(3,4)5/h7-11,18,20-22H,12-17H2,1-6H3,(H,27,30)/t21-,22?/m0/s1. The van der Waals surface area contributed by atoms with Crippen molar-refractivity contribution in [2.75, 3.05) is 20.2 Å². The summed E-state index contributed by atoms with van der Waals surface area (Å²) in [6.45, 7) is 10.6. The summed E-state index contributed by atoms with van der Waals surface area (Å²) >= 11 is 0. The molecule has 1 saturated heterocycles. The highest BCUT2D eigenvalue weighted by atomic mass is 16.6. The molecule has 2 amide bonds. The van der Waals surface area contributed by atoms with Gasteiger partial charge in [-0.15, -0.1) is 0 Å². The van der Waals surface area contributed by atoms with E-state index in [-0.39, 0.29) is 24.0 Å². The van der Waals surface area contributed by atoms with E-state index in [1.54, 1.807) is 4.90 Å². The predicted octanol–water partition coefficient (Wildman–Crippen LogP) is 4.56. The number of piperidine rings is 1. The van der Waals surface area contributed by atoms with Crippen LogP contribution in [0.2, 0.25) is 0 Å². The SMILES string of the molecule is COC(=O)[C@H](CC(C)C)NC(=O)OC(Cc1ccccc1)C1CCN(C(=O)OC(C)(C)C)CC1. The van der Waals surface area contributed by atoms with E-state index in [0.29, 0.717) is 38.8 Å². The fraction of sp³-hybridized carbons (Fsp3) is 0.654. The van der Waals surface area contributed by atoms with Crippen molar-refractivity contribution in [3.05, 3.63) is 35.9 Å². The summed E-state index contributed by atoms with van der Waals surface area (Å²) in [6, 6.07) is 9.09. The topological polar surface area (TPSA) is 94.2 Å². The maximum Gasteiger partial charge on any atom is 0.410 e. The van der Waals surface area contributed by atoms with Gasteiger partial charge in [-0.2, -0.15) is 0 Å². The average Bonchev–Trinajstić information content (AvgIpc) is 2.77. The molecule has 0 bridgehead atoms. The summed E-state index contributed by atoms with van der Waals surface area (Å²) in [5.41, 5.74) is 0.513. The Balaban J connectivity index is 2.06. The molecule has 1 unspecified atom stereocenters. The molecular weight excluding hydrogens is 436 g/mol. The van der Waals surface area contributed by atoms with Gasteiger partial charge in [-0.25, -0.2) is 14.4 Å². The monoisotopic (exact) mass is 476 g/mol. The van der Waals surface area contributed by atoms with Crippen molar-refractivity contribution in [3.8, 4) is 0 Å². The second kappa shape index (κ2) is 12.6. The summed E-state index contributed by atoms with van der Waals surface area (Å²) in [4.78, 5) is 39.1. The number of carbonyl (C=O) groups excluding carboxylic acids is 3. The van der Waals surface area contributed by atoms with Gasteiger partial charge in [0.2, 0.25) is 0 Å². The first-order chi connectivity index (χ1) is 16.0. The third-order valence-electron chi connectivity index (χ3n) is 5.74. The molecule has 1 aliphatic heterocycles. The summed E-state index contributed by atoms with van der Waals surface area (Å²) in [5.74, 6) is -0.219. The first kappa shape index (κ1) is 27.5. The summed E-state index contributed by atoms with van der Waals surface area (Å²) in [5, 5.41) is 2.69. The average molecular weight is 477 g/mol. The van der Waals surface area contributed by atoms with Crippen LogP contribution in [0.1, 0.15) is 59.4 Å². The zero-order valence-corrected chi connectivity index (χ0v) is 21.3. The van der Waals surface area contributed by atoms with E-state index >= 15 is 0 Å². The molecule has 0 aliphatic carbocycles. The molecule has 1 fully saturated rings. The van der Waals surface area contributed by atoms with Crippen molar-refractivity contribution in [1.82, 2.24) is 10.2 Å². The number of hydrogen-bond donors (Lipinski definition) is 1. The lowest BCUT2D eigenvalue weighted by Crippen LogP contribution is -2.47. The van der Waals surface area contributed by atoms with Crippen LogP contribution >= 0.6 is 0 Å². The normalized spacial score (nSPS) is 16.5. The fourth-order valence-electron chi connectivity index (χ4n) is 4.07. The van der Waals surface area contributed by atoms with Crippen molar-refractivity contribution in [1.29, 1.82) is 0 Å². The van der Waals surface area contributed by atoms with Crippen molar-refractivity contribution in [3.63, 3.8) is 0 Å². The number of likely N-dealkylation sites (tertiary alicyclic amines) is 1. The summed E-state index contributed by atoms with van der Waals surface area (Å²) in [7, 11) is 1.30. The van der Waals surface area contributed by atoms with Crippen LogP contribution in [0.4, 0.5) is 9.59 Å². The minimum atomic E-state index is -0.760. The highest BCUT2D eigenvalue weighted by molar-refractivity contribution is 5.81. The minimum Gasteiger partial charge on any atom is -0.467 e. The van der Waals surface area contributed by atoms with Crippen molar-refractivity contribution in [2.45, 2.75) is 78.0 Å². The second-order valence-corrected chi connectivity index (χ2v) is 10.3. The van der Waals surface area contributed by atoms with Crippen LogP contribution in [0.5, 0.6) is 0 Å². The zero-order chi connectivity index (χ0) is 25.3. The van der Waals surface area contributed by atoms with Gasteiger partial charge in [0.05, 0.1) is 7.11 Å². The predicted molar refractivity (Wildman–Crippen MR) is 129 cm³/mol. The second-order valence-electron chi connectivity index (χ2n) is 10.3. The number of ether oxygens (including phenoxy) is 3. The number of alkyl carbamates (subject to hydrolysis) is 1. The lowest BCUT2D eigenvalue weighted by atomic mass is 9.88. The fourth-order valence-corrected chi connectivity index (χ4v) is 4.07. The van der Waals surface area contributed by atoms with Crippen molar-refractivity contribution < 1.29 is 28.6 Å². The molecule has 8 heteroatoms. The first-order valence-corrected chi connectivity index (χ1v) is 12.0. The van der Waals surface area contributed by atoms with Gasteiger partial charge in [-0.1, -0.05) is 44.2 Å². The van der Waals surface area contributed by atoms with Gasteiger partial charge >= 0.3 is 18.2 Å². The van der Waals surface area contributed by atoms with Crippen molar-refractivity contribution in [2.24, 2.45) is 11.8 Å². The molecule has 0 spiro atoms. The number of nitrogens with one attached hydrogen (secondary N) is 1. The molecule has 0 saturated carbocycles. The number of esters is 1. The number of benzene rings is 1. The molecule has 0 radical (unpaired) electrons. The number of hydrogen-bond acceptors (Lipinski definition) is 6. The smallest absolute Gasteiger partial charge is 0.410 e. The largest absolute Gasteiger partial charge is 0.467 e. The van der Waals surface area contributed by atoms with Gasteiger partial charge < -0.3 is 24.4 Å². The molecule has 1 heterocycles. The maximum absolute atomic E-state index is 12.8. The molecule has 0 aromatic heterocycles. The van der Waals surface area contributed by atoms with E-state index in [1.807, 2.05) is 65.0 Å². The molecule has 190 valence electrons. The Morgan fingerprint density at radius 3 is 2.24 bits per heavy atom. The van der Waals surface area contributed by atoms with Gasteiger partial charge in [0.15, 0.2) is 0 Å². The molecule has 2 rings (SSSR count). The van der Waals surface area contributed by atoms with Crippen LogP contribution in [-0.2, 0) is 25.4 Å². The first-order valence-electron chi connectivity index (χ1n) is 12.0. The minimum absolute atomic E-state index is 0.0753. The van der Waals surface area contributed by atoms with Crippen LogP contribution in [0.25, 0.3) is 0 Å². The van der Waals surface area contributed by atoms with E-state index in [1.165, 1.54) is 7.11 Å².